The van der Waals surface area contributed by atoms with Gasteiger partial charge in [-0.3, -0.25) is 0 Å². The van der Waals surface area contributed by atoms with Gasteiger partial charge in [-0.15, -0.1) is 0 Å². The molecule has 0 spiro atoms. The van der Waals surface area contributed by atoms with Gasteiger partial charge in [0.1, 0.15) is 6.61 Å². The number of ether oxygens (including phenoxy) is 1. The molecule has 1 N–H and O–H groups in total. The zero-order chi connectivity index (χ0) is 15.5. The molecular weight excluding hydrogens is 306 g/mol. The third kappa shape index (κ3) is 3.27. The number of hydrogen-bond acceptors (Lipinski definition) is 3. The van der Waals surface area contributed by atoms with E-state index in [1.54, 1.807) is 34.1 Å². The summed E-state index contributed by atoms with van der Waals surface area (Å²) in [5, 5.41) is 3.49. The first-order chi connectivity index (χ1) is 10.6. The van der Waals surface area contributed by atoms with Crippen LogP contribution >= 0.6 is 11.6 Å². The number of urea groups is 1. The number of benzene rings is 1. The summed E-state index contributed by atoms with van der Waals surface area (Å²) in [6.07, 6.45) is 1.33. The first-order valence-corrected chi connectivity index (χ1v) is 7.76. The molecule has 0 saturated carbocycles. The van der Waals surface area contributed by atoms with E-state index in [0.717, 1.165) is 18.5 Å². The maximum Gasteiger partial charge on any atom is 0.410 e. The molecule has 0 radical (unpaired) electrons. The Labute approximate surface area is 134 Å². The number of amides is 3. The molecule has 0 unspecified atom stereocenters. The number of nitrogens with zero attached hydrogens (tertiary/aromatic N) is 2. The van der Waals surface area contributed by atoms with Gasteiger partial charge in [-0.2, -0.15) is 0 Å². The lowest BCUT2D eigenvalue weighted by Crippen LogP contribution is -2.48. The average Bonchev–Trinajstić information content (AvgIpc) is 2.96. The predicted octanol–water partition coefficient (Wildman–Crippen LogP) is 2.79. The molecule has 22 heavy (non-hydrogen) atoms. The third-order valence-corrected chi connectivity index (χ3v) is 4.33. The van der Waals surface area contributed by atoms with Crippen LogP contribution in [0.2, 0.25) is 5.02 Å². The number of cyclic esters (lactones) is 1. The van der Waals surface area contributed by atoms with Gasteiger partial charge in [-0.1, -0.05) is 11.6 Å². The van der Waals surface area contributed by atoms with Crippen LogP contribution in [0.15, 0.2) is 24.3 Å². The van der Waals surface area contributed by atoms with Crippen LogP contribution in [0.4, 0.5) is 15.3 Å². The summed E-state index contributed by atoms with van der Waals surface area (Å²) < 4.78 is 4.96. The van der Waals surface area contributed by atoms with Gasteiger partial charge in [0.25, 0.3) is 0 Å². The number of piperidine rings is 1. The summed E-state index contributed by atoms with van der Waals surface area (Å²) in [4.78, 5) is 27.3. The number of halogens is 1. The van der Waals surface area contributed by atoms with Crippen molar-refractivity contribution in [1.82, 2.24) is 9.80 Å². The van der Waals surface area contributed by atoms with E-state index < -0.39 is 0 Å². The van der Waals surface area contributed by atoms with Crippen LogP contribution < -0.4 is 5.32 Å². The Morgan fingerprint density at radius 3 is 2.45 bits per heavy atom. The Balaban J connectivity index is 1.51. The summed E-state index contributed by atoms with van der Waals surface area (Å²) in [6, 6.07) is 7.07. The first kappa shape index (κ1) is 15.0. The molecule has 2 heterocycles. The molecule has 1 aromatic rings. The molecule has 0 bridgehead atoms. The molecule has 3 amide bonds. The molecule has 3 rings (SSSR count). The lowest BCUT2D eigenvalue weighted by molar-refractivity contribution is 0.125. The Morgan fingerprint density at radius 1 is 1.18 bits per heavy atom. The fraction of sp³-hybridized carbons (Fsp3) is 0.467. The first-order valence-electron chi connectivity index (χ1n) is 7.38. The molecule has 6 nitrogen and oxygen atoms in total. The largest absolute Gasteiger partial charge is 0.448 e. The van der Waals surface area contributed by atoms with Crippen molar-refractivity contribution >= 4 is 29.4 Å². The van der Waals surface area contributed by atoms with Gasteiger partial charge < -0.3 is 19.9 Å². The van der Waals surface area contributed by atoms with Crippen LogP contribution in [-0.2, 0) is 4.74 Å². The number of nitrogens with one attached hydrogen (secondary N) is 1. The second kappa shape index (κ2) is 6.44. The van der Waals surface area contributed by atoms with Crippen LogP contribution in [0.1, 0.15) is 12.8 Å². The SMILES string of the molecule is O=C(Nc1ccc(Cl)cc1)N1CCC(N2CCOC2=O)CC1. The van der Waals surface area contributed by atoms with Crippen molar-refractivity contribution in [3.63, 3.8) is 0 Å². The zero-order valence-electron chi connectivity index (χ0n) is 12.1. The van der Waals surface area contributed by atoms with Gasteiger partial charge in [0.15, 0.2) is 0 Å². The quantitative estimate of drug-likeness (QED) is 0.910. The maximum atomic E-state index is 12.2. The van der Waals surface area contributed by atoms with Crippen molar-refractivity contribution in [3.8, 4) is 0 Å². The lowest BCUT2D eigenvalue weighted by atomic mass is 10.0. The highest BCUT2D eigenvalue weighted by atomic mass is 35.5. The fourth-order valence-corrected chi connectivity index (χ4v) is 2.98. The van der Waals surface area contributed by atoms with E-state index in [1.807, 2.05) is 0 Å². The van der Waals surface area contributed by atoms with Gasteiger partial charge in [0, 0.05) is 29.8 Å². The molecule has 0 aliphatic carbocycles. The summed E-state index contributed by atoms with van der Waals surface area (Å²) in [5.74, 6) is 0. The Bertz CT molecular complexity index is 556. The molecule has 0 atom stereocenters. The van der Waals surface area contributed by atoms with Crippen LogP contribution in [-0.4, -0.2) is 54.2 Å². The Morgan fingerprint density at radius 2 is 1.86 bits per heavy atom. The van der Waals surface area contributed by atoms with Gasteiger partial charge >= 0.3 is 12.1 Å². The highest BCUT2D eigenvalue weighted by molar-refractivity contribution is 6.30. The summed E-state index contributed by atoms with van der Waals surface area (Å²) in [7, 11) is 0. The second-order valence-corrected chi connectivity index (χ2v) is 5.90. The highest BCUT2D eigenvalue weighted by Gasteiger charge is 2.33. The molecule has 2 fully saturated rings. The van der Waals surface area contributed by atoms with Gasteiger partial charge in [-0.25, -0.2) is 9.59 Å². The van der Waals surface area contributed by atoms with Gasteiger partial charge in [-0.05, 0) is 37.1 Å². The van der Waals surface area contributed by atoms with E-state index >= 15 is 0 Å². The van der Waals surface area contributed by atoms with Crippen molar-refractivity contribution in [1.29, 1.82) is 0 Å². The van der Waals surface area contributed by atoms with Crippen LogP contribution in [0.3, 0.4) is 0 Å². The minimum absolute atomic E-state index is 0.121. The monoisotopic (exact) mass is 323 g/mol. The van der Waals surface area contributed by atoms with Crippen molar-refractivity contribution in [2.75, 3.05) is 31.6 Å². The summed E-state index contributed by atoms with van der Waals surface area (Å²) >= 11 is 5.82. The van der Waals surface area contributed by atoms with Crippen LogP contribution in [0.25, 0.3) is 0 Å². The number of anilines is 1. The molecule has 7 heteroatoms. The number of carbonyl (C=O) groups is 2. The molecule has 2 saturated heterocycles. The normalized spacial score (nSPS) is 19.2. The number of rotatable bonds is 2. The minimum Gasteiger partial charge on any atom is -0.448 e. The number of likely N-dealkylation sites (tertiary alicyclic amines) is 1. The van der Waals surface area contributed by atoms with Crippen molar-refractivity contribution in [2.24, 2.45) is 0 Å². The van der Waals surface area contributed by atoms with Gasteiger partial charge in [0.2, 0.25) is 0 Å². The molecule has 2 aliphatic rings. The molecule has 118 valence electrons. The predicted molar refractivity (Wildman–Crippen MR) is 83.1 cm³/mol. The topological polar surface area (TPSA) is 61.9 Å². The summed E-state index contributed by atoms with van der Waals surface area (Å²) in [6.45, 7) is 2.39. The van der Waals surface area contributed by atoms with Crippen LogP contribution in [0.5, 0.6) is 0 Å². The Kier molecular flexibility index (Phi) is 4.38. The third-order valence-electron chi connectivity index (χ3n) is 4.08. The molecule has 1 aromatic carbocycles. The van der Waals surface area contributed by atoms with Crippen molar-refractivity contribution in [3.05, 3.63) is 29.3 Å². The van der Waals surface area contributed by atoms with Gasteiger partial charge in [0.05, 0.1) is 6.54 Å². The van der Waals surface area contributed by atoms with E-state index in [-0.39, 0.29) is 18.2 Å². The highest BCUT2D eigenvalue weighted by Crippen LogP contribution is 2.21. The smallest absolute Gasteiger partial charge is 0.410 e. The minimum atomic E-state index is -0.232. The van der Waals surface area contributed by atoms with Crippen molar-refractivity contribution < 1.29 is 14.3 Å². The maximum absolute atomic E-state index is 12.2. The molecular formula is C15H18ClN3O3. The second-order valence-electron chi connectivity index (χ2n) is 5.46. The van der Waals surface area contributed by atoms with E-state index in [2.05, 4.69) is 5.32 Å². The van der Waals surface area contributed by atoms with Crippen LogP contribution in [0, 0.1) is 0 Å². The molecule has 2 aliphatic heterocycles. The van der Waals surface area contributed by atoms with E-state index in [9.17, 15) is 9.59 Å². The fourth-order valence-electron chi connectivity index (χ4n) is 2.85. The van der Waals surface area contributed by atoms with Crippen molar-refractivity contribution in [2.45, 2.75) is 18.9 Å². The van der Waals surface area contributed by atoms with E-state index in [0.29, 0.717) is 31.3 Å². The zero-order valence-corrected chi connectivity index (χ0v) is 12.9. The average molecular weight is 324 g/mol. The van der Waals surface area contributed by atoms with E-state index in [1.165, 1.54) is 0 Å². The standard InChI is InChI=1S/C15H18ClN3O3/c16-11-1-3-12(4-2-11)17-14(20)18-7-5-13(6-8-18)19-9-10-22-15(19)21/h1-4,13H,5-10H2,(H,17,20). The summed E-state index contributed by atoms with van der Waals surface area (Å²) in [5.41, 5.74) is 0.722. The number of carbonyl (C=O) groups excluding carboxylic acids is 2. The molecule has 0 aromatic heterocycles. The Hall–Kier alpha value is -1.95. The number of hydrogen-bond donors (Lipinski definition) is 1. The lowest BCUT2D eigenvalue weighted by Gasteiger charge is -2.35. The van der Waals surface area contributed by atoms with E-state index in [4.69, 9.17) is 16.3 Å².